The summed E-state index contributed by atoms with van der Waals surface area (Å²) < 4.78 is 14.6. The topological polar surface area (TPSA) is 67.9 Å². The summed E-state index contributed by atoms with van der Waals surface area (Å²) in [6.07, 6.45) is 1.23. The van der Waals surface area contributed by atoms with Crippen LogP contribution in [0.4, 0.5) is 10.1 Å². The maximum atomic E-state index is 14.6. The first kappa shape index (κ1) is 21.0. The number of amides is 2. The van der Waals surface area contributed by atoms with Crippen molar-refractivity contribution >= 4 is 29.1 Å². The van der Waals surface area contributed by atoms with Crippen molar-refractivity contribution in [3.05, 3.63) is 29.3 Å². The summed E-state index contributed by atoms with van der Waals surface area (Å²) in [5.41, 5.74) is 7.38. The summed E-state index contributed by atoms with van der Waals surface area (Å²) >= 11 is 6.10. The highest BCUT2D eigenvalue weighted by Crippen LogP contribution is 2.36. The Morgan fingerprint density at radius 3 is 2.71 bits per heavy atom. The smallest absolute Gasteiger partial charge is 0.228 e. The average molecular weight is 450 g/mol. The lowest BCUT2D eigenvalue weighted by atomic mass is 9.82. The fourth-order valence-corrected chi connectivity index (χ4v) is 5.80. The molecule has 168 valence electrons. The zero-order chi connectivity index (χ0) is 21.5. The summed E-state index contributed by atoms with van der Waals surface area (Å²) in [7, 11) is 0. The van der Waals surface area contributed by atoms with E-state index in [1.54, 1.807) is 4.90 Å². The van der Waals surface area contributed by atoms with Crippen LogP contribution >= 0.6 is 11.6 Å². The Bertz CT molecular complexity index is 849. The average Bonchev–Trinajstić information content (AvgIpc) is 3.37. The van der Waals surface area contributed by atoms with Gasteiger partial charge in [0.05, 0.1) is 5.92 Å². The van der Waals surface area contributed by atoms with Crippen LogP contribution in [0.2, 0.25) is 5.02 Å². The second-order valence-corrected chi connectivity index (χ2v) is 9.54. The lowest BCUT2D eigenvalue weighted by Crippen LogP contribution is -2.52. The molecule has 4 fully saturated rings. The van der Waals surface area contributed by atoms with E-state index in [1.165, 1.54) is 0 Å². The number of alkyl halides is 1. The van der Waals surface area contributed by atoms with Crippen molar-refractivity contribution in [2.24, 2.45) is 11.8 Å². The Labute approximate surface area is 186 Å². The number of hydrogen-bond acceptors (Lipinski definition) is 5. The molecule has 5 unspecified atom stereocenters. The van der Waals surface area contributed by atoms with Gasteiger partial charge in [0.1, 0.15) is 12.3 Å². The van der Waals surface area contributed by atoms with Gasteiger partial charge in [-0.25, -0.2) is 9.82 Å². The van der Waals surface area contributed by atoms with Gasteiger partial charge in [0.25, 0.3) is 0 Å². The molecule has 2 amide bonds. The molecule has 31 heavy (non-hydrogen) atoms. The number of anilines is 1. The van der Waals surface area contributed by atoms with Crippen molar-refractivity contribution in [2.75, 3.05) is 37.6 Å². The van der Waals surface area contributed by atoms with E-state index in [9.17, 15) is 14.0 Å². The van der Waals surface area contributed by atoms with E-state index in [4.69, 9.17) is 11.6 Å². The molecule has 0 spiro atoms. The van der Waals surface area contributed by atoms with E-state index in [-0.39, 0.29) is 42.3 Å². The maximum absolute atomic E-state index is 14.6. The van der Waals surface area contributed by atoms with Crippen LogP contribution in [-0.2, 0) is 9.59 Å². The number of fused-ring (bicyclic) bond motifs is 1. The zero-order valence-corrected chi connectivity index (χ0v) is 18.2. The van der Waals surface area contributed by atoms with Gasteiger partial charge in [-0.05, 0) is 37.5 Å². The minimum atomic E-state index is -0.923. The second-order valence-electron chi connectivity index (χ2n) is 9.10. The van der Waals surface area contributed by atoms with E-state index in [1.807, 2.05) is 29.2 Å². The molecule has 4 aliphatic rings. The SMILES string of the molecule is O=C(C1CC(=O)N(C2NNC3CCCC(F)C32)C1)N1CCN(c2cccc(Cl)c2)CC1. The fourth-order valence-electron chi connectivity index (χ4n) is 5.61. The van der Waals surface area contributed by atoms with Crippen LogP contribution in [0.1, 0.15) is 25.7 Å². The Morgan fingerprint density at radius 1 is 1.13 bits per heavy atom. The fraction of sp³-hybridized carbons (Fsp3) is 0.636. The molecule has 5 rings (SSSR count). The van der Waals surface area contributed by atoms with Gasteiger partial charge in [-0.3, -0.25) is 15.0 Å². The summed E-state index contributed by atoms with van der Waals surface area (Å²) in [6.45, 7) is 3.07. The normalized spacial score (nSPS) is 33.7. The molecular weight excluding hydrogens is 421 g/mol. The van der Waals surface area contributed by atoms with Crippen molar-refractivity contribution in [1.29, 1.82) is 0 Å². The minimum Gasteiger partial charge on any atom is -0.368 e. The van der Waals surface area contributed by atoms with E-state index in [0.29, 0.717) is 31.1 Å². The molecule has 3 aliphatic heterocycles. The van der Waals surface area contributed by atoms with Crippen LogP contribution in [0, 0.1) is 11.8 Å². The summed E-state index contributed by atoms with van der Waals surface area (Å²) in [6, 6.07) is 7.79. The van der Waals surface area contributed by atoms with E-state index >= 15 is 0 Å². The van der Waals surface area contributed by atoms with Gasteiger partial charge in [-0.2, -0.15) is 0 Å². The number of hydrogen-bond donors (Lipinski definition) is 2. The van der Waals surface area contributed by atoms with Gasteiger partial charge < -0.3 is 14.7 Å². The predicted octanol–water partition coefficient (Wildman–Crippen LogP) is 1.78. The van der Waals surface area contributed by atoms with Crippen LogP contribution < -0.4 is 15.8 Å². The van der Waals surface area contributed by atoms with Gasteiger partial charge in [0.2, 0.25) is 11.8 Å². The molecular formula is C22H29ClFN5O2. The summed E-state index contributed by atoms with van der Waals surface area (Å²) in [5, 5.41) is 0.700. The lowest BCUT2D eigenvalue weighted by molar-refractivity contribution is -0.136. The number of carbonyl (C=O) groups is 2. The van der Waals surface area contributed by atoms with Crippen molar-refractivity contribution in [3.63, 3.8) is 0 Å². The molecule has 7 nitrogen and oxygen atoms in total. The second kappa shape index (κ2) is 8.56. The molecule has 0 bridgehead atoms. The van der Waals surface area contributed by atoms with Crippen molar-refractivity contribution in [1.82, 2.24) is 20.7 Å². The molecule has 1 aliphatic carbocycles. The summed E-state index contributed by atoms with van der Waals surface area (Å²) in [5.74, 6) is -0.626. The number of hydrazine groups is 1. The monoisotopic (exact) mass is 449 g/mol. The van der Waals surface area contributed by atoms with Crippen LogP contribution in [0.15, 0.2) is 24.3 Å². The highest BCUT2D eigenvalue weighted by molar-refractivity contribution is 6.30. The number of piperazine rings is 1. The third-order valence-electron chi connectivity index (χ3n) is 7.27. The highest BCUT2D eigenvalue weighted by atomic mass is 35.5. The number of carbonyl (C=O) groups excluding carboxylic acids is 2. The number of nitrogens with zero attached hydrogens (tertiary/aromatic N) is 3. The maximum Gasteiger partial charge on any atom is 0.228 e. The molecule has 5 atom stereocenters. The molecule has 1 aromatic carbocycles. The molecule has 0 aromatic heterocycles. The molecule has 1 aromatic rings. The number of nitrogens with one attached hydrogen (secondary N) is 2. The Kier molecular flexibility index (Phi) is 5.79. The first-order valence-electron chi connectivity index (χ1n) is 11.2. The van der Waals surface area contributed by atoms with E-state index in [0.717, 1.165) is 31.6 Å². The highest BCUT2D eigenvalue weighted by Gasteiger charge is 2.50. The number of benzene rings is 1. The number of likely N-dealkylation sites (tertiary alicyclic amines) is 1. The van der Waals surface area contributed by atoms with E-state index < -0.39 is 6.17 Å². The third-order valence-corrected chi connectivity index (χ3v) is 7.50. The number of halogens is 2. The van der Waals surface area contributed by atoms with E-state index in [2.05, 4.69) is 15.8 Å². The Morgan fingerprint density at radius 2 is 1.94 bits per heavy atom. The van der Waals surface area contributed by atoms with Crippen molar-refractivity contribution in [3.8, 4) is 0 Å². The molecule has 2 N–H and O–H groups in total. The molecule has 0 radical (unpaired) electrons. The molecule has 1 saturated carbocycles. The first-order valence-corrected chi connectivity index (χ1v) is 11.6. The third kappa shape index (κ3) is 4.01. The van der Waals surface area contributed by atoms with Crippen molar-refractivity contribution in [2.45, 2.75) is 44.1 Å². The lowest BCUT2D eigenvalue weighted by Gasteiger charge is -2.37. The van der Waals surface area contributed by atoms with Gasteiger partial charge >= 0.3 is 0 Å². The van der Waals surface area contributed by atoms with Gasteiger partial charge in [-0.15, -0.1) is 0 Å². The first-order chi connectivity index (χ1) is 15.0. The predicted molar refractivity (Wildman–Crippen MR) is 116 cm³/mol. The van der Waals surface area contributed by atoms with Crippen LogP contribution in [0.3, 0.4) is 0 Å². The molecule has 3 saturated heterocycles. The molecule has 3 heterocycles. The van der Waals surface area contributed by atoms with Gasteiger partial charge in [0.15, 0.2) is 0 Å². The van der Waals surface area contributed by atoms with Crippen molar-refractivity contribution < 1.29 is 14.0 Å². The van der Waals surface area contributed by atoms with Gasteiger partial charge in [0, 0.05) is 61.8 Å². The van der Waals surface area contributed by atoms with Crippen LogP contribution in [0.25, 0.3) is 0 Å². The van der Waals surface area contributed by atoms with Crippen LogP contribution in [-0.4, -0.2) is 72.7 Å². The largest absolute Gasteiger partial charge is 0.368 e. The zero-order valence-electron chi connectivity index (χ0n) is 17.5. The summed E-state index contributed by atoms with van der Waals surface area (Å²) in [4.78, 5) is 31.7. The minimum absolute atomic E-state index is 0.0320. The molecule has 9 heteroatoms. The quantitative estimate of drug-likeness (QED) is 0.736. The van der Waals surface area contributed by atoms with Gasteiger partial charge in [-0.1, -0.05) is 17.7 Å². The standard InChI is InChI=1S/C22H29ClFN5O2/c23-15-3-1-4-16(12-15)27-7-9-28(10-8-27)22(31)14-11-19(30)29(13-14)21-20-17(24)5-2-6-18(20)25-26-21/h1,3-4,12,14,17-18,20-21,25-26H,2,5-11,13H2. The number of rotatable bonds is 3. The Hall–Kier alpha value is -1.90. The van der Waals surface area contributed by atoms with Crippen LogP contribution in [0.5, 0.6) is 0 Å². The Balaban J connectivity index is 1.19.